The van der Waals surface area contributed by atoms with Gasteiger partial charge in [-0.25, -0.2) is 0 Å². The molecule has 0 aliphatic heterocycles. The van der Waals surface area contributed by atoms with Gasteiger partial charge in [0, 0.05) is 25.3 Å². The Morgan fingerprint density at radius 1 is 1.33 bits per heavy atom. The van der Waals surface area contributed by atoms with Crippen LogP contribution in [0.15, 0.2) is 18.2 Å². The molecular weight excluding hydrogens is 230 g/mol. The van der Waals surface area contributed by atoms with Gasteiger partial charge >= 0.3 is 0 Å². The fourth-order valence-corrected chi connectivity index (χ4v) is 1.61. The smallest absolute Gasteiger partial charge is 0.252 e. The van der Waals surface area contributed by atoms with Crippen LogP contribution in [0.25, 0.3) is 0 Å². The van der Waals surface area contributed by atoms with Crippen LogP contribution in [0.5, 0.6) is 0 Å². The van der Waals surface area contributed by atoms with Crippen LogP contribution in [0.2, 0.25) is 0 Å². The highest BCUT2D eigenvalue weighted by Crippen LogP contribution is 2.12. The van der Waals surface area contributed by atoms with Crippen LogP contribution in [0, 0.1) is 6.92 Å². The largest absolute Gasteiger partial charge is 0.399 e. The van der Waals surface area contributed by atoms with Gasteiger partial charge in [-0.2, -0.15) is 0 Å². The lowest BCUT2D eigenvalue weighted by Crippen LogP contribution is -2.44. The maximum atomic E-state index is 12.0. The first-order valence-corrected chi connectivity index (χ1v) is 5.71. The fraction of sp³-hybridized carbons (Fsp3) is 0.385. The van der Waals surface area contributed by atoms with Crippen LogP contribution in [-0.4, -0.2) is 36.9 Å². The highest BCUT2D eigenvalue weighted by atomic mass is 16.2. The molecule has 1 atom stereocenters. The second-order valence-electron chi connectivity index (χ2n) is 4.50. The number of rotatable bonds is 3. The first-order valence-electron chi connectivity index (χ1n) is 5.71. The van der Waals surface area contributed by atoms with Gasteiger partial charge in [0.05, 0.1) is 0 Å². The van der Waals surface area contributed by atoms with Crippen molar-refractivity contribution < 1.29 is 9.59 Å². The van der Waals surface area contributed by atoms with Crippen LogP contribution < -0.4 is 11.1 Å². The number of likely N-dealkylation sites (N-methyl/N-ethyl adjacent to an activating group) is 1. The summed E-state index contributed by atoms with van der Waals surface area (Å²) in [5.74, 6) is -0.438. The van der Waals surface area contributed by atoms with Crippen molar-refractivity contribution >= 4 is 17.5 Å². The maximum Gasteiger partial charge on any atom is 0.252 e. The fourth-order valence-electron chi connectivity index (χ4n) is 1.61. The zero-order chi connectivity index (χ0) is 13.9. The van der Waals surface area contributed by atoms with Gasteiger partial charge in [-0.1, -0.05) is 6.07 Å². The second kappa shape index (κ2) is 5.53. The Labute approximate surface area is 107 Å². The molecule has 0 heterocycles. The van der Waals surface area contributed by atoms with E-state index in [1.165, 1.54) is 4.90 Å². The Bertz CT molecular complexity index is 469. The molecule has 0 bridgehead atoms. The number of nitrogens with two attached hydrogens (primary N) is 1. The Morgan fingerprint density at radius 2 is 1.94 bits per heavy atom. The van der Waals surface area contributed by atoms with E-state index in [9.17, 15) is 9.59 Å². The number of nitrogens with zero attached hydrogens (tertiary/aromatic N) is 1. The highest BCUT2D eigenvalue weighted by Gasteiger charge is 2.18. The van der Waals surface area contributed by atoms with Crippen LogP contribution in [0.4, 0.5) is 5.69 Å². The average molecular weight is 249 g/mol. The molecule has 0 spiro atoms. The molecule has 0 aromatic heterocycles. The number of hydrogen-bond donors (Lipinski definition) is 2. The van der Waals surface area contributed by atoms with Crippen LogP contribution in [-0.2, 0) is 4.79 Å². The third-order valence-electron chi connectivity index (χ3n) is 2.67. The average Bonchev–Trinajstić information content (AvgIpc) is 2.30. The zero-order valence-electron chi connectivity index (χ0n) is 11.2. The summed E-state index contributed by atoms with van der Waals surface area (Å²) in [6.45, 7) is 3.48. The quantitative estimate of drug-likeness (QED) is 0.777. The number of nitrogen functional groups attached to an aromatic ring is 1. The van der Waals surface area contributed by atoms with E-state index in [4.69, 9.17) is 5.73 Å². The van der Waals surface area contributed by atoms with Crippen molar-refractivity contribution in [2.45, 2.75) is 19.9 Å². The molecule has 0 saturated heterocycles. The van der Waals surface area contributed by atoms with Crippen molar-refractivity contribution in [3.63, 3.8) is 0 Å². The van der Waals surface area contributed by atoms with Gasteiger partial charge in [0.2, 0.25) is 5.91 Å². The van der Waals surface area contributed by atoms with Gasteiger partial charge in [-0.3, -0.25) is 9.59 Å². The van der Waals surface area contributed by atoms with Crippen LogP contribution >= 0.6 is 0 Å². The third-order valence-corrected chi connectivity index (χ3v) is 2.67. The Balaban J connectivity index is 2.83. The molecule has 0 saturated carbocycles. The van der Waals surface area contributed by atoms with Gasteiger partial charge in [0.25, 0.3) is 5.91 Å². The third kappa shape index (κ3) is 3.23. The van der Waals surface area contributed by atoms with Gasteiger partial charge in [0.15, 0.2) is 0 Å². The number of anilines is 1. The first-order chi connectivity index (χ1) is 8.32. The topological polar surface area (TPSA) is 75.4 Å². The minimum absolute atomic E-state index is 0.148. The molecule has 0 aliphatic rings. The van der Waals surface area contributed by atoms with Crippen LogP contribution in [0.1, 0.15) is 22.8 Å². The number of aryl methyl sites for hydroxylation is 1. The summed E-state index contributed by atoms with van der Waals surface area (Å²) < 4.78 is 0. The van der Waals surface area contributed by atoms with Gasteiger partial charge in [-0.05, 0) is 31.5 Å². The van der Waals surface area contributed by atoms with Crippen molar-refractivity contribution in [2.24, 2.45) is 0 Å². The number of benzene rings is 1. The van der Waals surface area contributed by atoms with E-state index >= 15 is 0 Å². The summed E-state index contributed by atoms with van der Waals surface area (Å²) >= 11 is 0. The molecule has 1 unspecified atom stereocenters. The first kappa shape index (κ1) is 14.0. The SMILES string of the molecule is Cc1ccc(N)cc1C(=O)NC(C)C(=O)N(C)C. The van der Waals surface area contributed by atoms with Crippen molar-refractivity contribution in [2.75, 3.05) is 19.8 Å². The molecular formula is C13H19N3O2. The van der Waals surface area contributed by atoms with E-state index in [-0.39, 0.29) is 11.8 Å². The zero-order valence-corrected chi connectivity index (χ0v) is 11.2. The Hall–Kier alpha value is -2.04. The van der Waals surface area contributed by atoms with E-state index in [1.807, 2.05) is 6.92 Å². The number of hydrogen-bond acceptors (Lipinski definition) is 3. The minimum Gasteiger partial charge on any atom is -0.399 e. The lowest BCUT2D eigenvalue weighted by Gasteiger charge is -2.18. The number of carbonyl (C=O) groups is 2. The summed E-state index contributed by atoms with van der Waals surface area (Å²) in [6, 6.07) is 4.56. The molecule has 1 aromatic rings. The highest BCUT2D eigenvalue weighted by molar-refractivity contribution is 5.99. The molecule has 3 N–H and O–H groups in total. The summed E-state index contributed by atoms with van der Waals surface area (Å²) in [6.07, 6.45) is 0. The summed E-state index contributed by atoms with van der Waals surface area (Å²) in [4.78, 5) is 25.1. The molecule has 1 rings (SSSR count). The summed E-state index contributed by atoms with van der Waals surface area (Å²) in [7, 11) is 3.30. The number of amides is 2. The maximum absolute atomic E-state index is 12.0. The predicted octanol–water partition coefficient (Wildman–Crippen LogP) is 0.784. The molecule has 5 heteroatoms. The molecule has 0 fully saturated rings. The Morgan fingerprint density at radius 3 is 2.50 bits per heavy atom. The number of nitrogens with one attached hydrogen (secondary N) is 1. The van der Waals surface area contributed by atoms with E-state index in [0.29, 0.717) is 11.3 Å². The molecule has 98 valence electrons. The lowest BCUT2D eigenvalue weighted by molar-refractivity contribution is -0.130. The Kier molecular flexibility index (Phi) is 4.31. The standard InChI is InChI=1S/C13H19N3O2/c1-8-5-6-10(14)7-11(8)12(17)15-9(2)13(18)16(3)4/h5-7,9H,14H2,1-4H3,(H,15,17). The van der Waals surface area contributed by atoms with Crippen molar-refractivity contribution in [3.8, 4) is 0 Å². The molecule has 1 aromatic carbocycles. The van der Waals surface area contributed by atoms with Crippen molar-refractivity contribution in [1.82, 2.24) is 10.2 Å². The molecule has 5 nitrogen and oxygen atoms in total. The lowest BCUT2D eigenvalue weighted by atomic mass is 10.1. The van der Waals surface area contributed by atoms with E-state index in [2.05, 4.69) is 5.32 Å². The van der Waals surface area contributed by atoms with E-state index in [1.54, 1.807) is 39.2 Å². The normalized spacial score (nSPS) is 11.8. The summed E-state index contributed by atoms with van der Waals surface area (Å²) in [5.41, 5.74) is 7.49. The van der Waals surface area contributed by atoms with Gasteiger partial charge in [-0.15, -0.1) is 0 Å². The monoisotopic (exact) mass is 249 g/mol. The van der Waals surface area contributed by atoms with E-state index < -0.39 is 6.04 Å². The van der Waals surface area contributed by atoms with Crippen molar-refractivity contribution in [1.29, 1.82) is 0 Å². The molecule has 18 heavy (non-hydrogen) atoms. The van der Waals surface area contributed by atoms with Gasteiger partial charge in [0.1, 0.15) is 6.04 Å². The van der Waals surface area contributed by atoms with Gasteiger partial charge < -0.3 is 16.0 Å². The number of carbonyl (C=O) groups excluding carboxylic acids is 2. The molecule has 2 amide bonds. The second-order valence-corrected chi connectivity index (χ2v) is 4.50. The minimum atomic E-state index is -0.562. The molecule has 0 radical (unpaired) electrons. The van der Waals surface area contributed by atoms with E-state index in [0.717, 1.165) is 5.56 Å². The predicted molar refractivity (Wildman–Crippen MR) is 71.2 cm³/mol. The van der Waals surface area contributed by atoms with Crippen molar-refractivity contribution in [3.05, 3.63) is 29.3 Å². The molecule has 0 aliphatic carbocycles. The summed E-state index contributed by atoms with van der Waals surface area (Å²) in [5, 5.41) is 2.66. The van der Waals surface area contributed by atoms with Crippen LogP contribution in [0.3, 0.4) is 0 Å².